The van der Waals surface area contributed by atoms with Crippen molar-refractivity contribution in [2.24, 2.45) is 0 Å². The third-order valence-electron chi connectivity index (χ3n) is 3.59. The standard InChI is InChI=1S/C11H20BO7PS2/c1-15-7-2-3-16-10(7)6-22-20(13,14)19-8-4-11(12)18-9(8)5-17-21/h7-11,21H,2-6H2,1H3,(H,13,14)/t7?,8?,9-,10-,11-/m1/s1. The van der Waals surface area contributed by atoms with Crippen LogP contribution in [-0.2, 0) is 27.5 Å². The largest absolute Gasteiger partial charge is 0.387 e. The van der Waals surface area contributed by atoms with Gasteiger partial charge in [-0.25, -0.2) is 4.57 Å². The molecule has 0 aliphatic carbocycles. The highest BCUT2D eigenvalue weighted by Gasteiger charge is 2.39. The molecule has 0 saturated carbocycles. The average Bonchev–Trinajstić information content (AvgIpc) is 3.03. The number of rotatable bonds is 8. The molecular formula is C11H20BO7PS2. The molecule has 2 aliphatic heterocycles. The van der Waals surface area contributed by atoms with Crippen molar-refractivity contribution in [2.75, 3.05) is 26.1 Å². The molecule has 2 heterocycles. The molecule has 0 amide bonds. The lowest BCUT2D eigenvalue weighted by Gasteiger charge is -2.22. The number of methoxy groups -OCH3 is 1. The van der Waals surface area contributed by atoms with Crippen LogP contribution in [0.4, 0.5) is 0 Å². The predicted octanol–water partition coefficient (Wildman–Crippen LogP) is 1.15. The van der Waals surface area contributed by atoms with Crippen molar-refractivity contribution < 1.29 is 32.4 Å². The zero-order valence-corrected chi connectivity index (χ0v) is 14.8. The van der Waals surface area contributed by atoms with Crippen LogP contribution in [0.15, 0.2) is 0 Å². The first-order chi connectivity index (χ1) is 10.4. The Morgan fingerprint density at radius 3 is 2.91 bits per heavy atom. The van der Waals surface area contributed by atoms with Gasteiger partial charge in [-0.05, 0) is 37.1 Å². The zero-order valence-electron chi connectivity index (χ0n) is 12.2. The van der Waals surface area contributed by atoms with Gasteiger partial charge >= 0.3 is 6.80 Å². The highest BCUT2D eigenvalue weighted by Crippen LogP contribution is 2.58. The first-order valence-electron chi connectivity index (χ1n) is 6.92. The summed E-state index contributed by atoms with van der Waals surface area (Å²) in [6.07, 6.45) is -0.270. The van der Waals surface area contributed by atoms with E-state index < -0.39 is 25.0 Å². The molecule has 6 atom stereocenters. The lowest BCUT2D eigenvalue weighted by atomic mass is 9.96. The molecule has 126 valence electrons. The Morgan fingerprint density at radius 1 is 1.45 bits per heavy atom. The third-order valence-corrected chi connectivity index (χ3v) is 6.76. The molecule has 0 bridgehead atoms. The summed E-state index contributed by atoms with van der Waals surface area (Å²) in [5, 5.41) is 0. The van der Waals surface area contributed by atoms with Crippen molar-refractivity contribution in [3.8, 4) is 0 Å². The van der Waals surface area contributed by atoms with E-state index in [9.17, 15) is 9.46 Å². The Hall–Kier alpha value is 0.755. The Morgan fingerprint density at radius 2 is 2.23 bits per heavy atom. The van der Waals surface area contributed by atoms with E-state index in [4.69, 9.17) is 30.8 Å². The van der Waals surface area contributed by atoms with Crippen LogP contribution in [-0.4, -0.2) is 69.2 Å². The summed E-state index contributed by atoms with van der Waals surface area (Å²) in [7, 11) is 7.28. The molecule has 2 saturated heterocycles. The van der Waals surface area contributed by atoms with E-state index >= 15 is 0 Å². The second kappa shape index (κ2) is 8.73. The molecule has 2 aliphatic rings. The van der Waals surface area contributed by atoms with Gasteiger partial charge in [0.1, 0.15) is 14.0 Å². The maximum Gasteiger partial charge on any atom is 0.387 e. The normalized spacial score (nSPS) is 38.2. The van der Waals surface area contributed by atoms with Gasteiger partial charge < -0.3 is 23.3 Å². The Bertz CT molecular complexity index is 405. The minimum absolute atomic E-state index is 0.0546. The van der Waals surface area contributed by atoms with Crippen LogP contribution in [0.25, 0.3) is 0 Å². The second-order valence-corrected chi connectivity index (χ2v) is 9.28. The fourth-order valence-corrected chi connectivity index (χ4v) is 5.44. The molecule has 3 unspecified atom stereocenters. The van der Waals surface area contributed by atoms with Crippen LogP contribution in [0.5, 0.6) is 0 Å². The Balaban J connectivity index is 1.83. The van der Waals surface area contributed by atoms with Crippen molar-refractivity contribution in [3.63, 3.8) is 0 Å². The van der Waals surface area contributed by atoms with Gasteiger partial charge in [0.15, 0.2) is 0 Å². The van der Waals surface area contributed by atoms with Crippen molar-refractivity contribution in [3.05, 3.63) is 0 Å². The summed E-state index contributed by atoms with van der Waals surface area (Å²) in [5.41, 5.74) is 0. The number of hydrogen-bond acceptors (Lipinski definition) is 8. The summed E-state index contributed by atoms with van der Waals surface area (Å²) >= 11 is 4.49. The van der Waals surface area contributed by atoms with Gasteiger partial charge in [0.25, 0.3) is 0 Å². The average molecular weight is 370 g/mol. The lowest BCUT2D eigenvalue weighted by molar-refractivity contribution is 0.0144. The topological polar surface area (TPSA) is 83.5 Å². The molecule has 0 aromatic heterocycles. The van der Waals surface area contributed by atoms with Gasteiger partial charge in [0.05, 0.1) is 24.9 Å². The van der Waals surface area contributed by atoms with E-state index in [1.807, 2.05) is 0 Å². The van der Waals surface area contributed by atoms with Crippen molar-refractivity contribution in [1.29, 1.82) is 0 Å². The van der Waals surface area contributed by atoms with Crippen molar-refractivity contribution >= 4 is 38.9 Å². The summed E-state index contributed by atoms with van der Waals surface area (Å²) < 4.78 is 38.4. The summed E-state index contributed by atoms with van der Waals surface area (Å²) in [6, 6.07) is -0.542. The quantitative estimate of drug-likeness (QED) is 0.285. The van der Waals surface area contributed by atoms with Crippen LogP contribution >= 0.6 is 31.1 Å². The number of thiol groups is 1. The van der Waals surface area contributed by atoms with E-state index in [0.717, 1.165) is 17.8 Å². The number of ether oxygens (including phenoxy) is 3. The van der Waals surface area contributed by atoms with Crippen LogP contribution in [0.1, 0.15) is 12.8 Å². The zero-order chi connectivity index (χ0) is 16.2. The van der Waals surface area contributed by atoms with E-state index in [-0.39, 0.29) is 18.8 Å². The number of hydrogen-bond donors (Lipinski definition) is 2. The van der Waals surface area contributed by atoms with E-state index in [1.165, 1.54) is 0 Å². The van der Waals surface area contributed by atoms with Gasteiger partial charge in [0, 0.05) is 25.5 Å². The SMILES string of the molecule is [B][C@H]1CC(OP(=O)(O)SC[C@H]2OCCC2OC)[C@@H](COS)O1. The van der Waals surface area contributed by atoms with Crippen molar-refractivity contribution in [1.82, 2.24) is 0 Å². The Labute approximate surface area is 141 Å². The molecule has 0 spiro atoms. The van der Waals surface area contributed by atoms with Crippen LogP contribution < -0.4 is 0 Å². The van der Waals surface area contributed by atoms with Gasteiger partial charge in [-0.1, -0.05) is 0 Å². The third kappa shape index (κ3) is 5.39. The molecule has 2 radical (unpaired) electrons. The molecule has 7 nitrogen and oxygen atoms in total. The highest BCUT2D eigenvalue weighted by molar-refractivity contribution is 8.54. The molecule has 22 heavy (non-hydrogen) atoms. The molecule has 0 aromatic rings. The maximum atomic E-state index is 12.2. The van der Waals surface area contributed by atoms with E-state index in [2.05, 4.69) is 12.9 Å². The first kappa shape index (κ1) is 19.1. The van der Waals surface area contributed by atoms with Crippen LogP contribution in [0.2, 0.25) is 0 Å². The molecule has 11 heteroatoms. The van der Waals surface area contributed by atoms with Crippen LogP contribution in [0.3, 0.4) is 0 Å². The van der Waals surface area contributed by atoms with Gasteiger partial charge in [-0.3, -0.25) is 4.52 Å². The molecule has 2 rings (SSSR count). The monoisotopic (exact) mass is 370 g/mol. The van der Waals surface area contributed by atoms with E-state index in [0.29, 0.717) is 18.8 Å². The van der Waals surface area contributed by atoms with Crippen molar-refractivity contribution in [2.45, 2.75) is 43.3 Å². The van der Waals surface area contributed by atoms with Gasteiger partial charge in [0.2, 0.25) is 0 Å². The molecular weight excluding hydrogens is 350 g/mol. The predicted molar refractivity (Wildman–Crippen MR) is 86.3 cm³/mol. The highest BCUT2D eigenvalue weighted by atomic mass is 32.7. The minimum Gasteiger partial charge on any atom is -0.379 e. The summed E-state index contributed by atoms with van der Waals surface area (Å²) in [4.78, 5) is 10.0. The van der Waals surface area contributed by atoms with Crippen LogP contribution in [0, 0.1) is 0 Å². The molecule has 0 aromatic carbocycles. The first-order valence-corrected chi connectivity index (χ1v) is 10.5. The second-order valence-electron chi connectivity index (χ2n) is 5.12. The molecule has 2 fully saturated rings. The fraction of sp³-hybridized carbons (Fsp3) is 1.00. The lowest BCUT2D eigenvalue weighted by Crippen LogP contribution is -2.28. The summed E-state index contributed by atoms with van der Waals surface area (Å²) in [5.74, 6) is 0.319. The summed E-state index contributed by atoms with van der Waals surface area (Å²) in [6.45, 7) is -3.13. The van der Waals surface area contributed by atoms with Gasteiger partial charge in [-0.15, -0.1) is 0 Å². The Kier molecular flexibility index (Phi) is 7.58. The minimum atomic E-state index is -3.85. The smallest absolute Gasteiger partial charge is 0.379 e. The van der Waals surface area contributed by atoms with E-state index in [1.54, 1.807) is 7.11 Å². The fourth-order valence-electron chi connectivity index (χ4n) is 2.50. The van der Waals surface area contributed by atoms with Gasteiger partial charge in [-0.2, -0.15) is 0 Å². The maximum absolute atomic E-state index is 12.2. The molecule has 1 N–H and O–H groups in total.